The number of carboxylic acid groups (broad SMARTS) is 1. The summed E-state index contributed by atoms with van der Waals surface area (Å²) in [5, 5.41) is 18.9. The number of nitrogens with zero attached hydrogens (tertiary/aromatic N) is 2. The molecule has 1 unspecified atom stereocenters. The summed E-state index contributed by atoms with van der Waals surface area (Å²) in [4.78, 5) is 14.1. The summed E-state index contributed by atoms with van der Waals surface area (Å²) in [5.41, 5.74) is -0.807. The lowest BCUT2D eigenvalue weighted by Gasteiger charge is -2.36. The lowest BCUT2D eigenvalue weighted by molar-refractivity contribution is -0.00463. The molecule has 2 aliphatic rings. The van der Waals surface area contributed by atoms with Gasteiger partial charge in [0, 0.05) is 13.1 Å². The van der Waals surface area contributed by atoms with Crippen molar-refractivity contribution in [1.29, 1.82) is 0 Å². The van der Waals surface area contributed by atoms with Gasteiger partial charge in [0.25, 0.3) is 0 Å². The zero-order valence-electron chi connectivity index (χ0n) is 8.15. The van der Waals surface area contributed by atoms with Crippen molar-refractivity contribution in [1.82, 2.24) is 9.80 Å². The molecule has 0 spiro atoms. The molecule has 80 valence electrons. The first-order chi connectivity index (χ1) is 6.59. The Hall–Kier alpha value is -0.810. The van der Waals surface area contributed by atoms with Crippen molar-refractivity contribution in [3.05, 3.63) is 0 Å². The average molecular weight is 200 g/mol. The molecule has 14 heavy (non-hydrogen) atoms. The third kappa shape index (κ3) is 1.83. The number of carbonyl (C=O) groups is 1. The Balaban J connectivity index is 1.87. The van der Waals surface area contributed by atoms with Crippen molar-refractivity contribution in [2.24, 2.45) is 0 Å². The number of likely N-dealkylation sites (tertiary alicyclic amines) is 2. The van der Waals surface area contributed by atoms with Crippen molar-refractivity contribution in [3.63, 3.8) is 0 Å². The van der Waals surface area contributed by atoms with Crippen LogP contribution in [0, 0.1) is 0 Å². The summed E-state index contributed by atoms with van der Waals surface area (Å²) >= 11 is 0. The Bertz CT molecular complexity index is 242. The van der Waals surface area contributed by atoms with Gasteiger partial charge in [-0.2, -0.15) is 0 Å². The predicted molar refractivity (Wildman–Crippen MR) is 50.2 cm³/mol. The van der Waals surface area contributed by atoms with Crippen LogP contribution in [-0.2, 0) is 0 Å². The van der Waals surface area contributed by atoms with Gasteiger partial charge in [0.05, 0.1) is 12.1 Å². The van der Waals surface area contributed by atoms with Crippen LogP contribution in [0.2, 0.25) is 0 Å². The SMILES string of the molecule is O=C(O)N1CCC(O)(CN2CCC2)C1. The number of rotatable bonds is 2. The van der Waals surface area contributed by atoms with Crippen LogP contribution in [0.25, 0.3) is 0 Å². The highest BCUT2D eigenvalue weighted by atomic mass is 16.4. The maximum absolute atomic E-state index is 10.7. The Morgan fingerprint density at radius 1 is 1.36 bits per heavy atom. The van der Waals surface area contributed by atoms with E-state index in [2.05, 4.69) is 4.90 Å². The summed E-state index contributed by atoms with van der Waals surface area (Å²) in [6.45, 7) is 3.42. The quantitative estimate of drug-likeness (QED) is 0.648. The smallest absolute Gasteiger partial charge is 0.407 e. The molecule has 0 aromatic heterocycles. The van der Waals surface area contributed by atoms with E-state index >= 15 is 0 Å². The molecule has 0 aliphatic carbocycles. The van der Waals surface area contributed by atoms with Crippen molar-refractivity contribution in [3.8, 4) is 0 Å². The maximum atomic E-state index is 10.7. The molecular weight excluding hydrogens is 184 g/mol. The van der Waals surface area contributed by atoms with E-state index in [1.54, 1.807) is 0 Å². The van der Waals surface area contributed by atoms with Gasteiger partial charge >= 0.3 is 6.09 Å². The molecule has 2 aliphatic heterocycles. The summed E-state index contributed by atoms with van der Waals surface area (Å²) in [6.07, 6.45) is 0.832. The van der Waals surface area contributed by atoms with Crippen LogP contribution in [0.1, 0.15) is 12.8 Å². The number of β-amino-alcohol motifs (C(OH)–C–C–N with tert-alkyl or cyclic N) is 1. The highest BCUT2D eigenvalue weighted by Gasteiger charge is 2.40. The van der Waals surface area contributed by atoms with Gasteiger partial charge in [0.2, 0.25) is 0 Å². The lowest BCUT2D eigenvalue weighted by atomic mass is 10.0. The second-order valence-electron chi connectivity index (χ2n) is 4.31. The molecule has 5 nitrogen and oxygen atoms in total. The minimum Gasteiger partial charge on any atom is -0.465 e. The minimum absolute atomic E-state index is 0.263. The van der Waals surface area contributed by atoms with Gasteiger partial charge in [0.1, 0.15) is 0 Å². The summed E-state index contributed by atoms with van der Waals surface area (Å²) < 4.78 is 0. The molecule has 2 saturated heterocycles. The van der Waals surface area contributed by atoms with Crippen LogP contribution in [0.4, 0.5) is 4.79 Å². The topological polar surface area (TPSA) is 64.0 Å². The molecule has 0 radical (unpaired) electrons. The van der Waals surface area contributed by atoms with Crippen LogP contribution in [0.5, 0.6) is 0 Å². The highest BCUT2D eigenvalue weighted by molar-refractivity contribution is 5.65. The standard InChI is InChI=1S/C9H16N2O3/c12-8(13)11-5-2-9(14,7-11)6-10-3-1-4-10/h14H,1-7H2,(H,12,13). The second kappa shape index (κ2) is 3.40. The van der Waals surface area contributed by atoms with E-state index in [4.69, 9.17) is 5.11 Å². The Morgan fingerprint density at radius 2 is 2.07 bits per heavy atom. The zero-order chi connectivity index (χ0) is 10.2. The molecule has 1 atom stereocenters. The number of hydrogen-bond acceptors (Lipinski definition) is 3. The lowest BCUT2D eigenvalue weighted by Crippen LogP contribution is -2.50. The largest absolute Gasteiger partial charge is 0.465 e. The molecule has 5 heteroatoms. The molecule has 0 saturated carbocycles. The number of hydrogen-bond donors (Lipinski definition) is 2. The molecule has 2 rings (SSSR count). The van der Waals surface area contributed by atoms with Gasteiger partial charge in [-0.15, -0.1) is 0 Å². The molecule has 0 bridgehead atoms. The van der Waals surface area contributed by atoms with Crippen molar-refractivity contribution in [2.75, 3.05) is 32.7 Å². The zero-order valence-corrected chi connectivity index (χ0v) is 8.15. The highest BCUT2D eigenvalue weighted by Crippen LogP contribution is 2.24. The van der Waals surface area contributed by atoms with Gasteiger partial charge in [-0.25, -0.2) is 4.79 Å². The fourth-order valence-corrected chi connectivity index (χ4v) is 2.10. The molecule has 1 amide bonds. The number of aliphatic hydroxyl groups is 1. The maximum Gasteiger partial charge on any atom is 0.407 e. The molecule has 2 N–H and O–H groups in total. The van der Waals surface area contributed by atoms with Crippen LogP contribution in [0.15, 0.2) is 0 Å². The van der Waals surface area contributed by atoms with Gasteiger partial charge in [-0.05, 0) is 25.9 Å². The van der Waals surface area contributed by atoms with Gasteiger partial charge in [0.15, 0.2) is 0 Å². The van der Waals surface area contributed by atoms with E-state index in [0.29, 0.717) is 19.5 Å². The van der Waals surface area contributed by atoms with Gasteiger partial charge < -0.3 is 20.0 Å². The summed E-state index contributed by atoms with van der Waals surface area (Å²) in [7, 11) is 0. The minimum atomic E-state index is -0.926. The first-order valence-electron chi connectivity index (χ1n) is 5.02. The third-order valence-corrected chi connectivity index (χ3v) is 3.07. The van der Waals surface area contributed by atoms with Crippen molar-refractivity contribution >= 4 is 6.09 Å². The Labute approximate surface area is 82.9 Å². The van der Waals surface area contributed by atoms with Crippen LogP contribution in [0.3, 0.4) is 0 Å². The second-order valence-corrected chi connectivity index (χ2v) is 4.31. The van der Waals surface area contributed by atoms with Crippen LogP contribution in [-0.4, -0.2) is 64.4 Å². The van der Waals surface area contributed by atoms with Crippen molar-refractivity contribution < 1.29 is 15.0 Å². The van der Waals surface area contributed by atoms with E-state index in [1.165, 1.54) is 11.3 Å². The predicted octanol–water partition coefficient (Wildman–Crippen LogP) is -0.193. The van der Waals surface area contributed by atoms with Gasteiger partial charge in [-0.3, -0.25) is 0 Å². The van der Waals surface area contributed by atoms with E-state index in [-0.39, 0.29) is 6.54 Å². The van der Waals surface area contributed by atoms with Crippen molar-refractivity contribution in [2.45, 2.75) is 18.4 Å². The average Bonchev–Trinajstić information content (AvgIpc) is 2.42. The molecule has 2 heterocycles. The third-order valence-electron chi connectivity index (χ3n) is 3.07. The van der Waals surface area contributed by atoms with E-state index in [9.17, 15) is 9.90 Å². The first-order valence-corrected chi connectivity index (χ1v) is 5.02. The van der Waals surface area contributed by atoms with Crippen LogP contribution >= 0.6 is 0 Å². The Kier molecular flexibility index (Phi) is 2.36. The fraction of sp³-hybridized carbons (Fsp3) is 0.889. The molecule has 0 aromatic rings. The van der Waals surface area contributed by atoms with Crippen LogP contribution < -0.4 is 0 Å². The van der Waals surface area contributed by atoms with E-state index in [1.807, 2.05) is 0 Å². The van der Waals surface area contributed by atoms with E-state index in [0.717, 1.165) is 13.1 Å². The monoisotopic (exact) mass is 200 g/mol. The Morgan fingerprint density at radius 3 is 2.50 bits per heavy atom. The molecule has 0 aromatic carbocycles. The summed E-state index contributed by atoms with van der Waals surface area (Å²) in [6, 6.07) is 0. The normalized spacial score (nSPS) is 33.1. The first kappa shape index (κ1) is 9.73. The summed E-state index contributed by atoms with van der Waals surface area (Å²) in [5.74, 6) is 0. The molecular formula is C9H16N2O3. The number of amides is 1. The fourth-order valence-electron chi connectivity index (χ4n) is 2.10. The van der Waals surface area contributed by atoms with Gasteiger partial charge in [-0.1, -0.05) is 0 Å². The van der Waals surface area contributed by atoms with E-state index < -0.39 is 11.7 Å². The molecule has 2 fully saturated rings.